The van der Waals surface area contributed by atoms with Crippen LogP contribution in [0.3, 0.4) is 0 Å². The lowest BCUT2D eigenvalue weighted by molar-refractivity contribution is -0.123. The van der Waals surface area contributed by atoms with E-state index in [-0.39, 0.29) is 22.9 Å². The number of rotatable bonds is 6. The van der Waals surface area contributed by atoms with Crippen LogP contribution in [0.25, 0.3) is 0 Å². The van der Waals surface area contributed by atoms with E-state index in [1.54, 1.807) is 0 Å². The number of hydrogen-bond donors (Lipinski definition) is 2. The van der Waals surface area contributed by atoms with Crippen molar-refractivity contribution in [1.82, 2.24) is 10.3 Å². The first-order valence-corrected chi connectivity index (χ1v) is 7.29. The Labute approximate surface area is 116 Å². The van der Waals surface area contributed by atoms with E-state index in [0.29, 0.717) is 13.0 Å². The summed E-state index contributed by atoms with van der Waals surface area (Å²) in [4.78, 5) is 26.5. The molecule has 1 aliphatic carbocycles. The van der Waals surface area contributed by atoms with Gasteiger partial charge in [0.2, 0.25) is 5.91 Å². The minimum Gasteiger partial charge on any atom is -0.476 e. The third-order valence-electron chi connectivity index (χ3n) is 3.88. The molecule has 2 unspecified atom stereocenters. The fourth-order valence-corrected chi connectivity index (χ4v) is 2.92. The Hall–Kier alpha value is -1.43. The van der Waals surface area contributed by atoms with Crippen LogP contribution in [0.4, 0.5) is 0 Å². The maximum Gasteiger partial charge on any atom is 0.355 e. The number of nitrogens with zero attached hydrogens (tertiary/aromatic N) is 1. The molecule has 0 radical (unpaired) electrons. The van der Waals surface area contributed by atoms with E-state index in [9.17, 15) is 9.59 Å². The molecular weight excluding hydrogens is 264 g/mol. The van der Waals surface area contributed by atoms with Gasteiger partial charge in [-0.05, 0) is 18.3 Å². The first kappa shape index (κ1) is 14.0. The van der Waals surface area contributed by atoms with Crippen LogP contribution >= 0.6 is 11.3 Å². The Morgan fingerprint density at radius 1 is 1.63 bits per heavy atom. The maximum absolute atomic E-state index is 11.9. The number of aromatic nitrogens is 1. The van der Waals surface area contributed by atoms with Crippen molar-refractivity contribution in [2.24, 2.45) is 11.3 Å². The summed E-state index contributed by atoms with van der Waals surface area (Å²) in [7, 11) is 0. The summed E-state index contributed by atoms with van der Waals surface area (Å²) in [5.41, 5.74) is 0.258. The third kappa shape index (κ3) is 3.12. The molecule has 2 atom stereocenters. The topological polar surface area (TPSA) is 79.3 Å². The van der Waals surface area contributed by atoms with Crippen molar-refractivity contribution in [2.45, 2.75) is 33.1 Å². The molecule has 0 aliphatic heterocycles. The summed E-state index contributed by atoms with van der Waals surface area (Å²) in [6, 6.07) is 0. The molecular formula is C13H18N2O3S. The minimum absolute atomic E-state index is 0.0760. The van der Waals surface area contributed by atoms with E-state index < -0.39 is 5.97 Å². The molecule has 0 bridgehead atoms. The summed E-state index contributed by atoms with van der Waals surface area (Å²) < 4.78 is 0. The number of carbonyl (C=O) groups is 2. The van der Waals surface area contributed by atoms with Gasteiger partial charge in [0.1, 0.15) is 0 Å². The molecule has 0 aromatic carbocycles. The zero-order chi connectivity index (χ0) is 14.0. The van der Waals surface area contributed by atoms with Crippen LogP contribution in [0.2, 0.25) is 0 Å². The zero-order valence-corrected chi connectivity index (χ0v) is 11.9. The monoisotopic (exact) mass is 282 g/mol. The quantitative estimate of drug-likeness (QED) is 0.835. The molecule has 1 heterocycles. The number of thiazole rings is 1. The average molecular weight is 282 g/mol. The van der Waals surface area contributed by atoms with E-state index in [1.165, 1.54) is 16.7 Å². The third-order valence-corrected chi connectivity index (χ3v) is 4.79. The van der Waals surface area contributed by atoms with Crippen molar-refractivity contribution >= 4 is 23.2 Å². The number of nitrogens with one attached hydrogen (secondary N) is 1. The molecule has 2 N–H and O–H groups in total. The van der Waals surface area contributed by atoms with E-state index in [0.717, 1.165) is 17.8 Å². The Kier molecular flexibility index (Phi) is 3.89. The summed E-state index contributed by atoms with van der Waals surface area (Å²) in [6.45, 7) is 4.76. The normalized spacial score (nSPS) is 25.1. The SMILES string of the molecule is CCC1(C)CC1C(=O)NCCc1nc(C(=O)O)cs1. The molecule has 6 heteroatoms. The van der Waals surface area contributed by atoms with Crippen LogP contribution < -0.4 is 5.32 Å². The van der Waals surface area contributed by atoms with E-state index >= 15 is 0 Å². The maximum atomic E-state index is 11.9. The molecule has 1 amide bonds. The summed E-state index contributed by atoms with van der Waals surface area (Å²) in [6.07, 6.45) is 2.58. The van der Waals surface area contributed by atoms with E-state index in [2.05, 4.69) is 24.1 Å². The Morgan fingerprint density at radius 2 is 2.37 bits per heavy atom. The van der Waals surface area contributed by atoms with Crippen LogP contribution in [0.5, 0.6) is 0 Å². The predicted molar refractivity (Wildman–Crippen MR) is 72.3 cm³/mol. The van der Waals surface area contributed by atoms with E-state index in [4.69, 9.17) is 5.11 Å². The van der Waals surface area contributed by atoms with Gasteiger partial charge in [-0.15, -0.1) is 11.3 Å². The highest BCUT2D eigenvalue weighted by molar-refractivity contribution is 7.09. The van der Waals surface area contributed by atoms with Crippen LogP contribution in [0.15, 0.2) is 5.38 Å². The van der Waals surface area contributed by atoms with Gasteiger partial charge in [0.25, 0.3) is 0 Å². The molecule has 2 rings (SSSR count). The lowest BCUT2D eigenvalue weighted by Crippen LogP contribution is -2.28. The van der Waals surface area contributed by atoms with Crippen molar-refractivity contribution in [3.8, 4) is 0 Å². The molecule has 0 saturated heterocycles. The minimum atomic E-state index is -1.01. The fourth-order valence-electron chi connectivity index (χ4n) is 2.15. The molecule has 0 spiro atoms. The second-order valence-corrected chi connectivity index (χ2v) is 6.18. The van der Waals surface area contributed by atoms with Gasteiger partial charge in [-0.1, -0.05) is 13.8 Å². The van der Waals surface area contributed by atoms with Crippen molar-refractivity contribution in [3.63, 3.8) is 0 Å². The Morgan fingerprint density at radius 3 is 2.89 bits per heavy atom. The lowest BCUT2D eigenvalue weighted by Gasteiger charge is -2.07. The summed E-state index contributed by atoms with van der Waals surface area (Å²) >= 11 is 1.31. The Bertz CT molecular complexity index is 500. The number of hydrogen-bond acceptors (Lipinski definition) is 4. The van der Waals surface area contributed by atoms with Gasteiger partial charge in [0.05, 0.1) is 5.01 Å². The Balaban J connectivity index is 1.75. The lowest BCUT2D eigenvalue weighted by atomic mass is 10.0. The van der Waals surface area contributed by atoms with Gasteiger partial charge < -0.3 is 10.4 Å². The second kappa shape index (κ2) is 5.28. The van der Waals surface area contributed by atoms with Crippen LogP contribution in [0.1, 0.15) is 42.2 Å². The highest BCUT2D eigenvalue weighted by atomic mass is 32.1. The van der Waals surface area contributed by atoms with Gasteiger partial charge in [-0.3, -0.25) is 4.79 Å². The molecule has 1 saturated carbocycles. The number of carboxylic acid groups (broad SMARTS) is 1. The van der Waals surface area contributed by atoms with Crippen molar-refractivity contribution in [1.29, 1.82) is 0 Å². The highest BCUT2D eigenvalue weighted by Crippen LogP contribution is 2.54. The standard InChI is InChI=1S/C13H18N2O3S/c1-3-13(2)6-8(13)11(16)14-5-4-10-15-9(7-19-10)12(17)18/h7-8H,3-6H2,1-2H3,(H,14,16)(H,17,18). The van der Waals surface area contributed by atoms with Crippen molar-refractivity contribution in [2.75, 3.05) is 6.54 Å². The van der Waals surface area contributed by atoms with Gasteiger partial charge in [-0.2, -0.15) is 0 Å². The molecule has 19 heavy (non-hydrogen) atoms. The predicted octanol–water partition coefficient (Wildman–Crippen LogP) is 1.94. The number of carbonyl (C=O) groups excluding carboxylic acids is 1. The molecule has 104 valence electrons. The molecule has 1 aromatic rings. The first-order chi connectivity index (χ1) is 8.96. The van der Waals surface area contributed by atoms with Crippen molar-refractivity contribution in [3.05, 3.63) is 16.1 Å². The van der Waals surface area contributed by atoms with Gasteiger partial charge >= 0.3 is 5.97 Å². The highest BCUT2D eigenvalue weighted by Gasteiger charge is 2.52. The molecule has 1 aliphatic rings. The molecule has 1 aromatic heterocycles. The average Bonchev–Trinajstić information content (AvgIpc) is 2.85. The van der Waals surface area contributed by atoms with Gasteiger partial charge in [0, 0.05) is 24.3 Å². The zero-order valence-electron chi connectivity index (χ0n) is 11.1. The van der Waals surface area contributed by atoms with Crippen LogP contribution in [-0.4, -0.2) is 28.5 Å². The molecule has 5 nitrogen and oxygen atoms in total. The second-order valence-electron chi connectivity index (χ2n) is 5.24. The molecule has 1 fully saturated rings. The number of amides is 1. The van der Waals surface area contributed by atoms with Crippen LogP contribution in [-0.2, 0) is 11.2 Å². The van der Waals surface area contributed by atoms with Crippen molar-refractivity contribution < 1.29 is 14.7 Å². The fraction of sp³-hybridized carbons (Fsp3) is 0.615. The van der Waals surface area contributed by atoms with Gasteiger partial charge in [0.15, 0.2) is 5.69 Å². The first-order valence-electron chi connectivity index (χ1n) is 6.41. The van der Waals surface area contributed by atoms with E-state index in [1.807, 2.05) is 0 Å². The van der Waals surface area contributed by atoms with Crippen LogP contribution in [0, 0.1) is 11.3 Å². The summed E-state index contributed by atoms with van der Waals surface area (Å²) in [5.74, 6) is -0.758. The number of aromatic carboxylic acids is 1. The largest absolute Gasteiger partial charge is 0.476 e. The number of carboxylic acids is 1. The summed E-state index contributed by atoms with van der Waals surface area (Å²) in [5, 5.41) is 13.9. The van der Waals surface area contributed by atoms with Gasteiger partial charge in [-0.25, -0.2) is 9.78 Å². The smallest absolute Gasteiger partial charge is 0.355 e.